The number of benzene rings is 1. The van der Waals surface area contributed by atoms with Crippen LogP contribution in [0.1, 0.15) is 36.8 Å². The van der Waals surface area contributed by atoms with Gasteiger partial charge in [-0.1, -0.05) is 17.7 Å². The molecule has 1 saturated carbocycles. The Labute approximate surface area is 111 Å². The molecule has 100 valence electrons. The molecule has 0 heterocycles. The van der Waals surface area contributed by atoms with E-state index in [0.717, 1.165) is 18.5 Å². The van der Waals surface area contributed by atoms with Crippen molar-refractivity contribution in [2.45, 2.75) is 45.6 Å². The van der Waals surface area contributed by atoms with Gasteiger partial charge in [0.2, 0.25) is 0 Å². The summed E-state index contributed by atoms with van der Waals surface area (Å²) in [4.78, 5) is 0. The van der Waals surface area contributed by atoms with Crippen molar-refractivity contribution in [2.24, 2.45) is 5.92 Å². The van der Waals surface area contributed by atoms with E-state index in [9.17, 15) is 0 Å². The van der Waals surface area contributed by atoms with Crippen molar-refractivity contribution in [3.8, 4) is 0 Å². The van der Waals surface area contributed by atoms with Gasteiger partial charge in [-0.25, -0.2) is 0 Å². The quantitative estimate of drug-likeness (QED) is 0.849. The maximum Gasteiger partial charge on any atom is 0.0370 e. The van der Waals surface area contributed by atoms with E-state index in [-0.39, 0.29) is 0 Å². The molecule has 1 aromatic rings. The lowest BCUT2D eigenvalue weighted by Crippen LogP contribution is -2.32. The molecule has 0 aliphatic heterocycles. The molecular weight excluding hydrogens is 220 g/mol. The van der Waals surface area contributed by atoms with Gasteiger partial charge in [0, 0.05) is 18.3 Å². The van der Waals surface area contributed by atoms with Crippen LogP contribution in [0.4, 0.5) is 5.69 Å². The number of hydrogen-bond acceptors (Lipinski definition) is 2. The number of hydrogen-bond donors (Lipinski definition) is 2. The Hall–Kier alpha value is -1.02. The molecule has 0 aromatic heterocycles. The van der Waals surface area contributed by atoms with Gasteiger partial charge in [0.25, 0.3) is 0 Å². The molecule has 2 rings (SSSR count). The highest BCUT2D eigenvalue weighted by molar-refractivity contribution is 5.51. The highest BCUT2D eigenvalue weighted by Crippen LogP contribution is 2.25. The number of aryl methyl sites for hydroxylation is 2. The first-order valence-corrected chi connectivity index (χ1v) is 7.17. The second kappa shape index (κ2) is 6.24. The zero-order chi connectivity index (χ0) is 13.0. The van der Waals surface area contributed by atoms with Crippen LogP contribution >= 0.6 is 0 Å². The SMILES string of the molecule is CNC1CCC(CNc2ccc(C)cc2C)CC1. The van der Waals surface area contributed by atoms with Gasteiger partial charge in [-0.15, -0.1) is 0 Å². The number of anilines is 1. The summed E-state index contributed by atoms with van der Waals surface area (Å²) in [5.74, 6) is 0.843. The smallest absolute Gasteiger partial charge is 0.0370 e. The summed E-state index contributed by atoms with van der Waals surface area (Å²) in [5.41, 5.74) is 4.00. The van der Waals surface area contributed by atoms with Crippen LogP contribution in [0, 0.1) is 19.8 Å². The van der Waals surface area contributed by atoms with Crippen molar-refractivity contribution in [3.63, 3.8) is 0 Å². The van der Waals surface area contributed by atoms with Crippen molar-refractivity contribution in [3.05, 3.63) is 29.3 Å². The van der Waals surface area contributed by atoms with Crippen molar-refractivity contribution in [1.82, 2.24) is 5.32 Å². The van der Waals surface area contributed by atoms with E-state index >= 15 is 0 Å². The minimum atomic E-state index is 0.752. The highest BCUT2D eigenvalue weighted by atomic mass is 14.9. The normalized spacial score (nSPS) is 23.9. The molecule has 0 spiro atoms. The van der Waals surface area contributed by atoms with Crippen molar-refractivity contribution in [2.75, 3.05) is 18.9 Å². The van der Waals surface area contributed by atoms with E-state index in [1.54, 1.807) is 0 Å². The van der Waals surface area contributed by atoms with Crippen LogP contribution in [0.15, 0.2) is 18.2 Å². The molecule has 0 saturated heterocycles. The molecule has 1 fully saturated rings. The van der Waals surface area contributed by atoms with E-state index in [2.05, 4.69) is 49.7 Å². The average Bonchev–Trinajstić information content (AvgIpc) is 2.38. The molecule has 0 bridgehead atoms. The summed E-state index contributed by atoms with van der Waals surface area (Å²) >= 11 is 0. The monoisotopic (exact) mass is 246 g/mol. The van der Waals surface area contributed by atoms with Crippen LogP contribution in [0.5, 0.6) is 0 Å². The molecule has 1 aliphatic carbocycles. The third-order valence-electron chi connectivity index (χ3n) is 4.22. The molecule has 2 nitrogen and oxygen atoms in total. The van der Waals surface area contributed by atoms with Gasteiger partial charge in [0.1, 0.15) is 0 Å². The van der Waals surface area contributed by atoms with E-state index in [1.165, 1.54) is 42.5 Å². The fourth-order valence-electron chi connectivity index (χ4n) is 2.92. The van der Waals surface area contributed by atoms with Gasteiger partial charge in [0.05, 0.1) is 0 Å². The minimum Gasteiger partial charge on any atom is -0.385 e. The molecule has 0 unspecified atom stereocenters. The van der Waals surface area contributed by atoms with Crippen LogP contribution in [-0.4, -0.2) is 19.6 Å². The Morgan fingerprint density at radius 3 is 2.44 bits per heavy atom. The van der Waals surface area contributed by atoms with Crippen LogP contribution in [0.25, 0.3) is 0 Å². The van der Waals surface area contributed by atoms with Gasteiger partial charge < -0.3 is 10.6 Å². The second-order valence-corrected chi connectivity index (χ2v) is 5.71. The van der Waals surface area contributed by atoms with Crippen LogP contribution in [0.2, 0.25) is 0 Å². The summed E-state index contributed by atoms with van der Waals surface area (Å²) in [6.07, 6.45) is 5.36. The largest absolute Gasteiger partial charge is 0.385 e. The first-order chi connectivity index (χ1) is 8.69. The molecule has 0 atom stereocenters. The molecule has 18 heavy (non-hydrogen) atoms. The lowest BCUT2D eigenvalue weighted by atomic mass is 9.86. The van der Waals surface area contributed by atoms with Crippen molar-refractivity contribution in [1.29, 1.82) is 0 Å². The van der Waals surface area contributed by atoms with E-state index in [0.29, 0.717) is 0 Å². The zero-order valence-electron chi connectivity index (χ0n) is 11.9. The molecule has 1 aliphatic rings. The zero-order valence-corrected chi connectivity index (χ0v) is 11.9. The van der Waals surface area contributed by atoms with E-state index in [4.69, 9.17) is 0 Å². The predicted octanol–water partition coefficient (Wildman–Crippen LogP) is 3.49. The van der Waals surface area contributed by atoms with Crippen molar-refractivity contribution < 1.29 is 0 Å². The molecule has 2 N–H and O–H groups in total. The van der Waals surface area contributed by atoms with Crippen LogP contribution < -0.4 is 10.6 Å². The Morgan fingerprint density at radius 2 is 1.83 bits per heavy atom. The minimum absolute atomic E-state index is 0.752. The predicted molar refractivity (Wildman–Crippen MR) is 79.2 cm³/mol. The Bertz CT molecular complexity index is 379. The second-order valence-electron chi connectivity index (χ2n) is 5.71. The van der Waals surface area contributed by atoms with Gasteiger partial charge >= 0.3 is 0 Å². The van der Waals surface area contributed by atoms with Crippen LogP contribution in [0.3, 0.4) is 0 Å². The molecular formula is C16H26N2. The summed E-state index contributed by atoms with van der Waals surface area (Å²) in [6.45, 7) is 5.46. The average molecular weight is 246 g/mol. The summed E-state index contributed by atoms with van der Waals surface area (Å²) in [7, 11) is 2.08. The first-order valence-electron chi connectivity index (χ1n) is 7.17. The Balaban J connectivity index is 1.81. The third-order valence-corrected chi connectivity index (χ3v) is 4.22. The third kappa shape index (κ3) is 3.49. The van der Waals surface area contributed by atoms with Gasteiger partial charge in [-0.3, -0.25) is 0 Å². The van der Waals surface area contributed by atoms with Gasteiger partial charge in [0.15, 0.2) is 0 Å². The fraction of sp³-hybridized carbons (Fsp3) is 0.625. The summed E-state index contributed by atoms with van der Waals surface area (Å²) in [6, 6.07) is 7.40. The molecule has 0 radical (unpaired) electrons. The number of nitrogens with one attached hydrogen (secondary N) is 2. The maximum absolute atomic E-state index is 3.62. The standard InChI is InChI=1S/C16H26N2/c1-12-4-9-16(13(2)10-12)18-11-14-5-7-15(17-3)8-6-14/h4,9-10,14-15,17-18H,5-8,11H2,1-3H3. The molecule has 1 aromatic carbocycles. The van der Waals surface area contributed by atoms with Crippen molar-refractivity contribution >= 4 is 5.69 Å². The van der Waals surface area contributed by atoms with Crippen LogP contribution in [-0.2, 0) is 0 Å². The van der Waals surface area contributed by atoms with E-state index < -0.39 is 0 Å². The Morgan fingerprint density at radius 1 is 1.11 bits per heavy atom. The Kier molecular flexibility index (Phi) is 4.65. The lowest BCUT2D eigenvalue weighted by molar-refractivity contribution is 0.312. The van der Waals surface area contributed by atoms with E-state index in [1.807, 2.05) is 0 Å². The van der Waals surface area contributed by atoms with Gasteiger partial charge in [-0.2, -0.15) is 0 Å². The summed E-state index contributed by atoms with van der Waals surface area (Å²) < 4.78 is 0. The summed E-state index contributed by atoms with van der Waals surface area (Å²) in [5, 5.41) is 7.02. The highest BCUT2D eigenvalue weighted by Gasteiger charge is 2.19. The topological polar surface area (TPSA) is 24.1 Å². The fourth-order valence-corrected chi connectivity index (χ4v) is 2.92. The molecule has 2 heteroatoms. The lowest BCUT2D eigenvalue weighted by Gasteiger charge is -2.28. The maximum atomic E-state index is 3.62. The van der Waals surface area contributed by atoms with Gasteiger partial charge in [-0.05, 0) is 64.1 Å². The number of rotatable bonds is 4. The first kappa shape index (κ1) is 13.4. The molecule has 0 amide bonds.